The molecule has 136 valence electrons. The first-order valence-electron chi connectivity index (χ1n) is 8.13. The summed E-state index contributed by atoms with van der Waals surface area (Å²) in [6, 6.07) is 19.4. The third-order valence-corrected chi connectivity index (χ3v) is 3.85. The number of carbonyl (C=O) groups excluding carboxylic acids is 1. The van der Waals surface area contributed by atoms with Crippen LogP contribution in [0.1, 0.15) is 5.56 Å². The zero-order valence-electron chi connectivity index (χ0n) is 14.5. The molecule has 1 aromatic heterocycles. The van der Waals surface area contributed by atoms with Crippen LogP contribution in [0.5, 0.6) is 5.75 Å². The number of rotatable bonds is 7. The van der Waals surface area contributed by atoms with Gasteiger partial charge in [0.15, 0.2) is 0 Å². The Kier molecular flexibility index (Phi) is 7.26. The van der Waals surface area contributed by atoms with E-state index < -0.39 is 0 Å². The van der Waals surface area contributed by atoms with E-state index in [0.717, 1.165) is 22.7 Å². The minimum atomic E-state index is -0.0884. The number of methoxy groups -OCH3 is 1. The van der Waals surface area contributed by atoms with Crippen molar-refractivity contribution in [1.82, 2.24) is 9.88 Å². The molecule has 0 unspecified atom stereocenters. The second-order valence-electron chi connectivity index (χ2n) is 5.57. The van der Waals surface area contributed by atoms with Crippen LogP contribution in [0.25, 0.3) is 5.69 Å². The van der Waals surface area contributed by atoms with Gasteiger partial charge in [-0.25, -0.2) is 0 Å². The first kappa shape index (κ1) is 19.6. The fourth-order valence-corrected chi connectivity index (χ4v) is 2.65. The predicted molar refractivity (Wildman–Crippen MR) is 99.1 cm³/mol. The molecule has 1 heterocycles. The molecule has 6 heteroatoms. The zero-order valence-corrected chi connectivity index (χ0v) is 15.2. The highest BCUT2D eigenvalue weighted by molar-refractivity contribution is 5.94. The first-order valence-corrected chi connectivity index (χ1v) is 8.13. The number of nitrogens with one attached hydrogen (secondary N) is 2. The highest BCUT2D eigenvalue weighted by Crippen LogP contribution is 2.20. The number of halogens is 1. The Balaban J connectivity index is 0.00000243. The van der Waals surface area contributed by atoms with Gasteiger partial charge in [-0.3, -0.25) is 4.79 Å². The summed E-state index contributed by atoms with van der Waals surface area (Å²) in [6.45, 7) is 0.786. The highest BCUT2D eigenvalue weighted by atomic mass is 35.5. The summed E-state index contributed by atoms with van der Waals surface area (Å²) < 4.78 is 7.28. The van der Waals surface area contributed by atoms with Crippen molar-refractivity contribution in [3.05, 3.63) is 78.6 Å². The molecule has 0 aliphatic rings. The molecular formula is C20H21ClN3O2-. The number of benzene rings is 2. The molecule has 3 aromatic rings. The van der Waals surface area contributed by atoms with Gasteiger partial charge >= 0.3 is 0 Å². The molecule has 0 bridgehead atoms. The molecule has 0 spiro atoms. The fraction of sp³-hybridized carbons (Fsp3) is 0.150. The van der Waals surface area contributed by atoms with Crippen molar-refractivity contribution in [2.75, 3.05) is 19.0 Å². The monoisotopic (exact) mass is 370 g/mol. The lowest BCUT2D eigenvalue weighted by molar-refractivity contribution is -0.115. The normalized spacial score (nSPS) is 10.0. The molecule has 26 heavy (non-hydrogen) atoms. The Hall–Kier alpha value is -2.76. The number of ether oxygens (including phenoxy) is 1. The topological polar surface area (TPSA) is 55.3 Å². The van der Waals surface area contributed by atoms with Crippen LogP contribution in [0, 0.1) is 0 Å². The van der Waals surface area contributed by atoms with Crippen LogP contribution in [0.2, 0.25) is 0 Å². The van der Waals surface area contributed by atoms with E-state index in [-0.39, 0.29) is 24.9 Å². The van der Waals surface area contributed by atoms with E-state index >= 15 is 0 Å². The van der Waals surface area contributed by atoms with Gasteiger partial charge in [0.2, 0.25) is 5.91 Å². The molecule has 2 aromatic carbocycles. The summed E-state index contributed by atoms with van der Waals surface area (Å²) >= 11 is 0. The van der Waals surface area contributed by atoms with Crippen LogP contribution in [0.15, 0.2) is 73.1 Å². The van der Waals surface area contributed by atoms with Gasteiger partial charge in [0, 0.05) is 24.5 Å². The zero-order chi connectivity index (χ0) is 17.5. The van der Waals surface area contributed by atoms with Crippen LogP contribution >= 0.6 is 0 Å². The van der Waals surface area contributed by atoms with E-state index in [9.17, 15) is 4.79 Å². The summed E-state index contributed by atoms with van der Waals surface area (Å²) in [5.41, 5.74) is 2.74. The minimum Gasteiger partial charge on any atom is -1.00 e. The average molecular weight is 371 g/mol. The molecule has 0 saturated carbocycles. The lowest BCUT2D eigenvalue weighted by atomic mass is 10.2. The van der Waals surface area contributed by atoms with Gasteiger partial charge in [0.05, 0.1) is 25.0 Å². The number of nitrogens with zero attached hydrogens (tertiary/aromatic N) is 1. The summed E-state index contributed by atoms with van der Waals surface area (Å²) in [4.78, 5) is 12.3. The minimum absolute atomic E-state index is 0. The van der Waals surface area contributed by atoms with Crippen molar-refractivity contribution in [3.63, 3.8) is 0 Å². The Bertz CT molecular complexity index is 835. The third-order valence-electron chi connectivity index (χ3n) is 3.85. The molecule has 3 rings (SSSR count). The number of anilines is 1. The maximum atomic E-state index is 12.3. The van der Waals surface area contributed by atoms with Crippen LogP contribution in [0.4, 0.5) is 5.69 Å². The molecule has 0 aliphatic carbocycles. The molecule has 0 radical (unpaired) electrons. The van der Waals surface area contributed by atoms with Gasteiger partial charge in [-0.1, -0.05) is 30.3 Å². The van der Waals surface area contributed by atoms with E-state index in [1.807, 2.05) is 77.6 Å². The van der Waals surface area contributed by atoms with Gasteiger partial charge in [0.25, 0.3) is 0 Å². The number of aromatic nitrogens is 1. The van der Waals surface area contributed by atoms with Crippen LogP contribution in [0.3, 0.4) is 0 Å². The van der Waals surface area contributed by atoms with Gasteiger partial charge in [-0.15, -0.1) is 0 Å². The average Bonchev–Trinajstić information content (AvgIpc) is 3.17. The Labute approximate surface area is 159 Å². The smallest absolute Gasteiger partial charge is 0.238 e. The molecule has 0 fully saturated rings. The van der Waals surface area contributed by atoms with Gasteiger partial charge in [-0.05, 0) is 30.3 Å². The molecule has 0 atom stereocenters. The van der Waals surface area contributed by atoms with E-state index in [0.29, 0.717) is 6.54 Å². The van der Waals surface area contributed by atoms with Crippen molar-refractivity contribution in [2.45, 2.75) is 6.54 Å². The van der Waals surface area contributed by atoms with E-state index in [1.165, 1.54) is 0 Å². The quantitative estimate of drug-likeness (QED) is 0.625. The summed E-state index contributed by atoms with van der Waals surface area (Å²) in [7, 11) is 1.64. The SMILES string of the molecule is COc1ccccc1CNCC(=O)Nc1ccccc1-n1cccc1.[Cl-]. The summed E-state index contributed by atoms with van der Waals surface area (Å²) in [5.74, 6) is 0.725. The number of amides is 1. The van der Waals surface area contributed by atoms with Gasteiger partial charge in [-0.2, -0.15) is 0 Å². The van der Waals surface area contributed by atoms with Crippen molar-refractivity contribution >= 4 is 11.6 Å². The number of hydrogen-bond donors (Lipinski definition) is 2. The summed E-state index contributed by atoms with van der Waals surface area (Å²) in [5, 5.41) is 6.11. The largest absolute Gasteiger partial charge is 1.00 e. The fourth-order valence-electron chi connectivity index (χ4n) is 2.65. The maximum absolute atomic E-state index is 12.3. The Morgan fingerprint density at radius 1 is 1.00 bits per heavy atom. The van der Waals surface area contributed by atoms with Gasteiger partial charge < -0.3 is 32.3 Å². The molecule has 0 aliphatic heterocycles. The molecular weight excluding hydrogens is 350 g/mol. The van der Waals surface area contributed by atoms with Crippen LogP contribution < -0.4 is 27.8 Å². The van der Waals surface area contributed by atoms with E-state index in [1.54, 1.807) is 7.11 Å². The third kappa shape index (κ3) is 4.88. The highest BCUT2D eigenvalue weighted by Gasteiger charge is 2.08. The molecule has 1 amide bonds. The second kappa shape index (κ2) is 9.65. The van der Waals surface area contributed by atoms with E-state index in [2.05, 4.69) is 10.6 Å². The number of hydrogen-bond acceptors (Lipinski definition) is 3. The van der Waals surface area contributed by atoms with Crippen molar-refractivity contribution < 1.29 is 21.9 Å². The van der Waals surface area contributed by atoms with Crippen molar-refractivity contribution in [3.8, 4) is 11.4 Å². The first-order chi connectivity index (χ1) is 12.3. The molecule has 2 N–H and O–H groups in total. The maximum Gasteiger partial charge on any atom is 0.238 e. The van der Waals surface area contributed by atoms with Crippen molar-refractivity contribution in [2.24, 2.45) is 0 Å². The lowest BCUT2D eigenvalue weighted by Gasteiger charge is -2.13. The standard InChI is InChI=1S/C20H21N3O2.ClH/c1-25-19-11-5-2-8-16(19)14-21-15-20(24)22-17-9-3-4-10-18(17)23-12-6-7-13-23;/h2-13,21H,14-15H2,1H3,(H,22,24);1H/p-1. The summed E-state index contributed by atoms with van der Waals surface area (Å²) in [6.07, 6.45) is 3.90. The predicted octanol–water partition coefficient (Wildman–Crippen LogP) is 0.218. The number of carbonyl (C=O) groups is 1. The second-order valence-corrected chi connectivity index (χ2v) is 5.57. The number of para-hydroxylation sites is 3. The van der Waals surface area contributed by atoms with Crippen LogP contribution in [-0.2, 0) is 11.3 Å². The van der Waals surface area contributed by atoms with Gasteiger partial charge in [0.1, 0.15) is 5.75 Å². The Morgan fingerprint density at radius 3 is 2.46 bits per heavy atom. The van der Waals surface area contributed by atoms with E-state index in [4.69, 9.17) is 4.74 Å². The molecule has 5 nitrogen and oxygen atoms in total. The Morgan fingerprint density at radius 2 is 1.69 bits per heavy atom. The lowest BCUT2D eigenvalue weighted by Crippen LogP contribution is -3.00. The van der Waals surface area contributed by atoms with Crippen LogP contribution in [-0.4, -0.2) is 24.1 Å². The van der Waals surface area contributed by atoms with Crippen molar-refractivity contribution in [1.29, 1.82) is 0 Å². The molecule has 0 saturated heterocycles.